The molecule has 2 fully saturated rings. The highest BCUT2D eigenvalue weighted by atomic mass is 16.2. The Kier molecular flexibility index (Phi) is 3.82. The van der Waals surface area contributed by atoms with Gasteiger partial charge in [-0.25, -0.2) is 0 Å². The number of carbonyl (C=O) groups is 1. The molecule has 1 amide bonds. The fourth-order valence-electron chi connectivity index (χ4n) is 2.74. The Bertz CT molecular complexity index is 249. The number of nitrogens with two attached hydrogens (primary N) is 1. The summed E-state index contributed by atoms with van der Waals surface area (Å²) in [5.74, 6) is 0.856. The minimum atomic E-state index is -0.226. The zero-order chi connectivity index (χ0) is 11.5. The quantitative estimate of drug-likeness (QED) is 0.750. The van der Waals surface area contributed by atoms with E-state index in [1.54, 1.807) is 0 Å². The van der Waals surface area contributed by atoms with Gasteiger partial charge in [0.25, 0.3) is 0 Å². The minimum Gasteiger partial charge on any atom is -0.341 e. The predicted octanol–water partition coefficient (Wildman–Crippen LogP) is 0.278. The van der Waals surface area contributed by atoms with Crippen molar-refractivity contribution >= 4 is 5.91 Å². The van der Waals surface area contributed by atoms with Crippen LogP contribution in [0, 0.1) is 5.92 Å². The van der Waals surface area contributed by atoms with Crippen LogP contribution < -0.4 is 5.73 Å². The molecule has 4 heteroatoms. The first-order valence-corrected chi connectivity index (χ1v) is 6.47. The smallest absolute Gasteiger partial charge is 0.239 e. The minimum absolute atomic E-state index is 0.165. The second-order valence-electron chi connectivity index (χ2n) is 5.06. The third-order valence-electron chi connectivity index (χ3n) is 3.97. The van der Waals surface area contributed by atoms with Crippen LogP contribution >= 0.6 is 0 Å². The second-order valence-corrected chi connectivity index (χ2v) is 5.06. The Labute approximate surface area is 97.8 Å². The van der Waals surface area contributed by atoms with E-state index >= 15 is 0 Å². The molecule has 16 heavy (non-hydrogen) atoms. The second kappa shape index (κ2) is 5.15. The Morgan fingerprint density at radius 3 is 2.44 bits per heavy atom. The van der Waals surface area contributed by atoms with Gasteiger partial charge in [-0.1, -0.05) is 6.92 Å². The first-order valence-electron chi connectivity index (χ1n) is 6.47. The van der Waals surface area contributed by atoms with E-state index in [4.69, 9.17) is 5.73 Å². The van der Waals surface area contributed by atoms with E-state index in [0.29, 0.717) is 5.92 Å². The van der Waals surface area contributed by atoms with Gasteiger partial charge in [0.05, 0.1) is 6.04 Å². The van der Waals surface area contributed by atoms with Gasteiger partial charge in [0.2, 0.25) is 5.91 Å². The van der Waals surface area contributed by atoms with Crippen LogP contribution in [0.2, 0.25) is 0 Å². The molecule has 0 aromatic heterocycles. The Morgan fingerprint density at radius 1 is 1.25 bits per heavy atom. The Morgan fingerprint density at radius 2 is 1.94 bits per heavy atom. The molecule has 0 saturated carbocycles. The topological polar surface area (TPSA) is 49.6 Å². The van der Waals surface area contributed by atoms with Crippen molar-refractivity contribution in [1.82, 2.24) is 9.80 Å². The highest BCUT2D eigenvalue weighted by Gasteiger charge is 2.30. The molecular weight excluding hydrogens is 202 g/mol. The standard InChI is InChI=1S/C12H23N3O/c1-2-14-6-3-10(4-7-14)9-15-8-5-11(13)12(15)16/h10-11H,2-9,13H2,1H3. The third-order valence-corrected chi connectivity index (χ3v) is 3.97. The molecule has 2 rings (SSSR count). The molecule has 0 aromatic carbocycles. The largest absolute Gasteiger partial charge is 0.341 e. The van der Waals surface area contributed by atoms with Crippen molar-refractivity contribution in [2.45, 2.75) is 32.2 Å². The summed E-state index contributed by atoms with van der Waals surface area (Å²) < 4.78 is 0. The lowest BCUT2D eigenvalue weighted by molar-refractivity contribution is -0.129. The summed E-state index contributed by atoms with van der Waals surface area (Å²) in [5.41, 5.74) is 5.72. The SMILES string of the molecule is CCN1CCC(CN2CCC(N)C2=O)CC1. The third kappa shape index (κ3) is 2.55. The lowest BCUT2D eigenvalue weighted by Gasteiger charge is -2.33. The summed E-state index contributed by atoms with van der Waals surface area (Å²) >= 11 is 0. The van der Waals surface area contributed by atoms with E-state index < -0.39 is 0 Å². The Hall–Kier alpha value is -0.610. The fourth-order valence-corrected chi connectivity index (χ4v) is 2.74. The van der Waals surface area contributed by atoms with Crippen molar-refractivity contribution in [2.75, 3.05) is 32.7 Å². The molecule has 2 aliphatic heterocycles. The van der Waals surface area contributed by atoms with Crippen LogP contribution in [0.3, 0.4) is 0 Å². The van der Waals surface area contributed by atoms with Crippen LogP contribution in [0.25, 0.3) is 0 Å². The molecule has 2 saturated heterocycles. The summed E-state index contributed by atoms with van der Waals surface area (Å²) in [5, 5.41) is 0. The monoisotopic (exact) mass is 225 g/mol. The van der Waals surface area contributed by atoms with Crippen molar-refractivity contribution in [1.29, 1.82) is 0 Å². The van der Waals surface area contributed by atoms with Gasteiger partial charge in [-0.15, -0.1) is 0 Å². The molecule has 1 unspecified atom stereocenters. The number of carbonyl (C=O) groups excluding carboxylic acids is 1. The summed E-state index contributed by atoms with van der Waals surface area (Å²) in [6.07, 6.45) is 3.30. The molecule has 0 aliphatic carbocycles. The normalized spacial score (nSPS) is 29.0. The molecule has 4 nitrogen and oxygen atoms in total. The zero-order valence-corrected chi connectivity index (χ0v) is 10.2. The molecule has 2 N–H and O–H groups in total. The molecular formula is C12H23N3O. The first-order chi connectivity index (χ1) is 7.70. The number of hydrogen-bond donors (Lipinski definition) is 1. The van der Waals surface area contributed by atoms with Gasteiger partial charge in [0.1, 0.15) is 0 Å². The van der Waals surface area contributed by atoms with Crippen LogP contribution in [-0.4, -0.2) is 54.5 Å². The average Bonchev–Trinajstić information content (AvgIpc) is 2.62. The maximum atomic E-state index is 11.7. The maximum absolute atomic E-state index is 11.7. The van der Waals surface area contributed by atoms with Crippen LogP contribution in [0.4, 0.5) is 0 Å². The number of rotatable bonds is 3. The molecule has 0 bridgehead atoms. The summed E-state index contributed by atoms with van der Waals surface area (Å²) in [4.78, 5) is 16.1. The van der Waals surface area contributed by atoms with Crippen LogP contribution in [0.1, 0.15) is 26.2 Å². The van der Waals surface area contributed by atoms with Crippen molar-refractivity contribution in [3.63, 3.8) is 0 Å². The lowest BCUT2D eigenvalue weighted by Crippen LogP contribution is -2.41. The first kappa shape index (κ1) is 11.9. The number of nitrogens with zero attached hydrogens (tertiary/aromatic N) is 2. The summed E-state index contributed by atoms with van der Waals surface area (Å²) in [7, 11) is 0. The number of hydrogen-bond acceptors (Lipinski definition) is 3. The van der Waals surface area contributed by atoms with E-state index in [2.05, 4.69) is 11.8 Å². The van der Waals surface area contributed by atoms with Gasteiger partial charge in [0, 0.05) is 13.1 Å². The summed E-state index contributed by atoms with van der Waals surface area (Å²) in [6.45, 7) is 7.55. The lowest BCUT2D eigenvalue weighted by atomic mass is 9.96. The molecule has 0 spiro atoms. The van der Waals surface area contributed by atoms with Crippen molar-refractivity contribution in [3.05, 3.63) is 0 Å². The molecule has 92 valence electrons. The van der Waals surface area contributed by atoms with Crippen LogP contribution in [0.5, 0.6) is 0 Å². The number of piperidine rings is 1. The van der Waals surface area contributed by atoms with E-state index in [-0.39, 0.29) is 11.9 Å². The van der Waals surface area contributed by atoms with Crippen LogP contribution in [0.15, 0.2) is 0 Å². The van der Waals surface area contributed by atoms with Gasteiger partial charge < -0.3 is 15.5 Å². The number of likely N-dealkylation sites (tertiary alicyclic amines) is 2. The van der Waals surface area contributed by atoms with E-state index in [0.717, 1.165) is 26.1 Å². The van der Waals surface area contributed by atoms with Crippen molar-refractivity contribution in [2.24, 2.45) is 11.7 Å². The van der Waals surface area contributed by atoms with Gasteiger partial charge in [-0.3, -0.25) is 4.79 Å². The molecule has 0 radical (unpaired) electrons. The van der Waals surface area contributed by atoms with Gasteiger partial charge in [0.15, 0.2) is 0 Å². The van der Waals surface area contributed by atoms with Gasteiger partial charge in [-0.05, 0) is 44.8 Å². The van der Waals surface area contributed by atoms with E-state index in [1.807, 2.05) is 4.90 Å². The highest BCUT2D eigenvalue weighted by Crippen LogP contribution is 2.20. The van der Waals surface area contributed by atoms with Crippen LogP contribution in [-0.2, 0) is 4.79 Å². The highest BCUT2D eigenvalue weighted by molar-refractivity contribution is 5.83. The molecule has 1 atom stereocenters. The van der Waals surface area contributed by atoms with Crippen molar-refractivity contribution < 1.29 is 4.79 Å². The molecule has 2 aliphatic rings. The van der Waals surface area contributed by atoms with Gasteiger partial charge in [-0.2, -0.15) is 0 Å². The van der Waals surface area contributed by atoms with E-state index in [9.17, 15) is 4.79 Å². The summed E-state index contributed by atoms with van der Waals surface area (Å²) in [6, 6.07) is -0.226. The predicted molar refractivity (Wildman–Crippen MR) is 64.0 cm³/mol. The van der Waals surface area contributed by atoms with Crippen molar-refractivity contribution in [3.8, 4) is 0 Å². The molecule has 2 heterocycles. The average molecular weight is 225 g/mol. The van der Waals surface area contributed by atoms with Gasteiger partial charge >= 0.3 is 0 Å². The maximum Gasteiger partial charge on any atom is 0.239 e. The fraction of sp³-hybridized carbons (Fsp3) is 0.917. The molecule has 0 aromatic rings. The number of amides is 1. The Balaban J connectivity index is 1.77. The van der Waals surface area contributed by atoms with E-state index in [1.165, 1.54) is 25.9 Å². The zero-order valence-electron chi connectivity index (χ0n) is 10.2.